The number of nitrogens with one attached hydrogen (secondary N) is 3. The van der Waals surface area contributed by atoms with Crippen molar-refractivity contribution in [1.82, 2.24) is 9.97 Å². The molecule has 11 rings (SSSR count). The van der Waals surface area contributed by atoms with E-state index in [0.29, 0.717) is 18.1 Å². The number of ether oxygens (including phenoxy) is 1. The summed E-state index contributed by atoms with van der Waals surface area (Å²) >= 11 is -0.106. The first kappa shape index (κ1) is 63.7. The zero-order valence-corrected chi connectivity index (χ0v) is 50.6. The van der Waals surface area contributed by atoms with E-state index >= 15 is 0 Å². The smallest absolute Gasteiger partial charge is 0.0134 e. The Bertz CT molecular complexity index is 3200. The van der Waals surface area contributed by atoms with Gasteiger partial charge in [-0.15, -0.1) is 0 Å². The Morgan fingerprint density at radius 1 is 0.463 bits per heavy atom. The van der Waals surface area contributed by atoms with E-state index in [9.17, 15) is 4.79 Å². The number of hydrogen-bond acceptors (Lipinski definition) is 7. The Morgan fingerprint density at radius 3 is 1.05 bits per heavy atom. The molecule has 2 aromatic heterocycles. The number of nitrogens with zero attached hydrogens (tertiary/aromatic N) is 1. The maximum Gasteiger partial charge on any atom is -0.0134 e. The fourth-order valence-electron chi connectivity index (χ4n) is 7.91. The van der Waals surface area contributed by atoms with E-state index in [2.05, 4.69) is 203 Å². The van der Waals surface area contributed by atoms with Crippen LogP contribution in [0.2, 0.25) is 6.82 Å². The minimum Gasteiger partial charge on any atom is -0.0622 e. The Kier molecular flexibility index (Phi) is 28.6. The van der Waals surface area contributed by atoms with E-state index in [0.717, 1.165) is 33.9 Å². The van der Waals surface area contributed by atoms with Gasteiger partial charge in [0.15, 0.2) is 0 Å². The molecule has 2 heterocycles. The summed E-state index contributed by atoms with van der Waals surface area (Å²) in [6.45, 7) is 5.60. The van der Waals surface area contributed by atoms with Crippen LogP contribution in [-0.2, 0) is 22.5 Å². The van der Waals surface area contributed by atoms with Crippen molar-refractivity contribution in [3.05, 3.63) is 325 Å². The first-order valence-electron chi connectivity index (χ1n) is 26.2. The summed E-state index contributed by atoms with van der Waals surface area (Å²) in [4.78, 5) is 18.2. The van der Waals surface area contributed by atoms with Gasteiger partial charge in [-0.1, -0.05) is 249 Å². The van der Waals surface area contributed by atoms with Crippen molar-refractivity contribution in [1.29, 1.82) is 0 Å². The summed E-state index contributed by atoms with van der Waals surface area (Å²) in [6.07, 6.45) is 3.46. The molecular weight excluding hydrogens is 1190 g/mol. The number of aryl methyl sites for hydroxylation is 2. The third kappa shape index (κ3) is 22.8. The number of para-hydroxylation sites is 2. The van der Waals surface area contributed by atoms with Crippen LogP contribution in [0.4, 0.5) is 22.7 Å². The summed E-state index contributed by atoms with van der Waals surface area (Å²) in [7, 11) is 7.57. The van der Waals surface area contributed by atoms with Gasteiger partial charge in [0.05, 0.1) is 17.6 Å². The molecule has 8 nitrogen and oxygen atoms in total. The summed E-state index contributed by atoms with van der Waals surface area (Å²) in [5.74, 6) is 0.669. The molecule has 0 radical (unpaired) electrons. The molecule has 0 atom stereocenters. The van der Waals surface area contributed by atoms with Crippen molar-refractivity contribution >= 4 is 96.6 Å². The molecule has 0 bridgehead atoms. The van der Waals surface area contributed by atoms with Crippen molar-refractivity contribution in [2.45, 2.75) is 27.3 Å². The Labute approximate surface area is 502 Å². The van der Waals surface area contributed by atoms with Crippen LogP contribution in [-0.4, -0.2) is 27.1 Å². The van der Waals surface area contributed by atoms with Gasteiger partial charge in [0.25, 0.3) is 5.56 Å². The van der Waals surface area contributed by atoms with Gasteiger partial charge >= 0.3 is 42.1 Å². The number of rotatable bonds is 13. The van der Waals surface area contributed by atoms with E-state index in [-0.39, 0.29) is 21.5 Å². The number of aromatic nitrogens is 2. The van der Waals surface area contributed by atoms with Crippen LogP contribution in [0.15, 0.2) is 302 Å². The van der Waals surface area contributed by atoms with Crippen molar-refractivity contribution in [3.8, 4) is 5.88 Å². The number of hydrogen-bond donors (Lipinski definition) is 5. The normalized spacial score (nSPS) is 10.1. The molecular formula is C68H65BCl2N4O4P2Pd. The van der Waals surface area contributed by atoms with E-state index in [1.165, 1.54) is 38.7 Å². The molecule has 5 N–H and O–H groups in total. The van der Waals surface area contributed by atoms with Crippen LogP contribution in [0.3, 0.4) is 0 Å². The number of anilines is 4. The molecule has 0 aliphatic heterocycles. The second-order valence-electron chi connectivity index (χ2n) is 17.9. The third-order valence-corrected chi connectivity index (χ3v) is 16.4. The molecule has 0 fully saturated rings. The van der Waals surface area contributed by atoms with Gasteiger partial charge in [0, 0.05) is 28.7 Å². The molecule has 0 aliphatic rings. The Morgan fingerprint density at radius 2 is 0.744 bits per heavy atom. The predicted molar refractivity (Wildman–Crippen MR) is 349 cm³/mol. The molecule has 0 spiro atoms. The molecule has 11 aromatic rings. The topological polar surface area (TPSA) is 120 Å². The molecule has 0 aliphatic carbocycles. The summed E-state index contributed by atoms with van der Waals surface area (Å²) in [5.41, 5.74) is 6.69. The average molecular weight is 1250 g/mol. The largest absolute Gasteiger partial charge is 0.0622 e. The molecule has 0 saturated carbocycles. The Balaban J connectivity index is 0.000000170. The molecule has 0 unspecified atom stereocenters. The maximum absolute atomic E-state index is 11.1. The zero-order valence-electron chi connectivity index (χ0n) is 45.7. The fourth-order valence-corrected chi connectivity index (χ4v) is 12.5. The number of halogens is 2. The monoisotopic (exact) mass is 1250 g/mol. The minimum atomic E-state index is -1.17. The zero-order chi connectivity index (χ0) is 58.0. The number of pyridine rings is 2. The molecule has 418 valence electrons. The molecule has 82 heavy (non-hydrogen) atoms. The number of H-pyrrole nitrogens is 1. The van der Waals surface area contributed by atoms with Gasteiger partial charge in [-0.3, -0.25) is 4.79 Å². The van der Waals surface area contributed by atoms with Crippen LogP contribution >= 0.6 is 34.9 Å². The first-order chi connectivity index (χ1) is 40.1. The molecule has 0 amide bonds. The summed E-state index contributed by atoms with van der Waals surface area (Å²) < 4.78 is 5.79. The van der Waals surface area contributed by atoms with Crippen molar-refractivity contribution in [3.63, 3.8) is 0 Å². The summed E-state index contributed by atoms with van der Waals surface area (Å²) in [5, 5.41) is 30.1. The van der Waals surface area contributed by atoms with Crippen LogP contribution < -0.4 is 52.8 Å². The second kappa shape index (κ2) is 36.8. The van der Waals surface area contributed by atoms with E-state index in [4.69, 9.17) is 33.8 Å². The van der Waals surface area contributed by atoms with Gasteiger partial charge in [-0.05, 0) is 110 Å². The maximum atomic E-state index is 11.1. The van der Waals surface area contributed by atoms with Gasteiger partial charge in [-0.2, -0.15) is 0 Å². The minimum absolute atomic E-state index is 0.0476. The third-order valence-electron chi connectivity index (χ3n) is 11.5. The molecule has 0 saturated heterocycles. The van der Waals surface area contributed by atoms with Crippen LogP contribution in [0, 0.1) is 13.8 Å². The van der Waals surface area contributed by atoms with E-state index in [1.807, 2.05) is 110 Å². The van der Waals surface area contributed by atoms with Crippen LogP contribution in [0.1, 0.15) is 16.7 Å². The fraction of sp³-hybridized carbons (Fsp3) is 0.0588. The summed E-state index contributed by atoms with van der Waals surface area (Å²) in [6, 6.07) is 98.5. The Hall–Kier alpha value is -7.43. The SMILES string of the molecule is CB(O)O.Cc1cc(Nc2ccccc2)c[nH]c1=O.Cc1cc(Nc2ccccc2)cnc1OCc1ccccc1.[Cl][Pd][Cl].c1ccc(P(c2ccccc2)c2ccccc2)cc1.c1ccc(P(c2ccccc2)c2ccccc2)cc1. The van der Waals surface area contributed by atoms with Crippen LogP contribution in [0.25, 0.3) is 0 Å². The quantitative estimate of drug-likeness (QED) is 0.0576. The number of benzene rings is 9. The average Bonchev–Trinajstić information content (AvgIpc) is 3.68. The molecule has 14 heteroatoms. The van der Waals surface area contributed by atoms with Crippen molar-refractivity contribution < 1.29 is 30.7 Å². The standard InChI is InChI=1S/C19H18N2O.2C18H15P.C12H12N2O.CH5BO2.2ClH.Pd/c1-15-12-18(21-17-10-6-3-7-11-17)13-20-19(15)22-14-16-8-4-2-5-9-16;2*1-4-10-16(11-5-1)19(17-12-6-2-7-13-17)18-14-8-3-9-15-18;1-9-7-11(8-13-12(9)15)14-10-5-3-2-4-6-10;1-2(3)4;;;/h2-13,21H,14H2,1H3;2*1-15H;2-8,14H,1H3,(H,13,15);3-4H,1H3;2*1H;/q;;;;;;;+2/p-2. The predicted octanol–water partition coefficient (Wildman–Crippen LogP) is 14.5. The van der Waals surface area contributed by atoms with Crippen LogP contribution in [0.5, 0.6) is 5.88 Å². The second-order valence-corrected chi connectivity index (χ2v) is 24.7. The van der Waals surface area contributed by atoms with E-state index < -0.39 is 23.0 Å². The van der Waals surface area contributed by atoms with Gasteiger partial charge < -0.3 is 30.4 Å². The van der Waals surface area contributed by atoms with Gasteiger partial charge in [0.1, 0.15) is 6.61 Å². The first-order valence-corrected chi connectivity index (χ1v) is 32.9. The van der Waals surface area contributed by atoms with Gasteiger partial charge in [-0.25, -0.2) is 4.98 Å². The van der Waals surface area contributed by atoms with E-state index in [1.54, 1.807) is 19.3 Å². The van der Waals surface area contributed by atoms with Crippen molar-refractivity contribution in [2.24, 2.45) is 0 Å². The molecule has 9 aromatic carbocycles. The number of aromatic amines is 1. The van der Waals surface area contributed by atoms with Crippen molar-refractivity contribution in [2.75, 3.05) is 10.6 Å². The van der Waals surface area contributed by atoms with Gasteiger partial charge in [0.2, 0.25) is 5.88 Å².